The maximum atomic E-state index is 12.8. The minimum atomic E-state index is -0.951. The van der Waals surface area contributed by atoms with Crippen molar-refractivity contribution < 1.29 is 19.5 Å². The van der Waals surface area contributed by atoms with Crippen LogP contribution < -0.4 is 10.3 Å². The molecule has 0 spiro atoms. The van der Waals surface area contributed by atoms with Gasteiger partial charge >= 0.3 is 0 Å². The lowest BCUT2D eigenvalue weighted by atomic mass is 10.1. The summed E-state index contributed by atoms with van der Waals surface area (Å²) >= 11 is 0. The van der Waals surface area contributed by atoms with Crippen molar-refractivity contribution in [1.29, 1.82) is 0 Å². The number of benzene rings is 2. The van der Waals surface area contributed by atoms with Crippen LogP contribution in [0.15, 0.2) is 53.9 Å². The summed E-state index contributed by atoms with van der Waals surface area (Å²) in [5, 5.41) is 25.0. The molecular weight excluding hydrogens is 344 g/mol. The van der Waals surface area contributed by atoms with E-state index in [1.54, 1.807) is 18.2 Å². The highest BCUT2D eigenvalue weighted by atomic mass is 16.7. The van der Waals surface area contributed by atoms with Gasteiger partial charge in [-0.1, -0.05) is 23.2 Å². The van der Waals surface area contributed by atoms with E-state index in [0.29, 0.717) is 10.7 Å². The highest BCUT2D eigenvalue weighted by Crippen LogP contribution is 2.42. The van der Waals surface area contributed by atoms with Crippen LogP contribution in [-0.4, -0.2) is 21.5 Å². The van der Waals surface area contributed by atoms with E-state index in [9.17, 15) is 29.8 Å². The molecule has 0 radical (unpaired) electrons. The number of para-hydroxylation sites is 1. The molecule has 0 saturated heterocycles. The largest absolute Gasteiger partial charge is 0.350 e. The molecule has 10 nitrogen and oxygen atoms in total. The van der Waals surface area contributed by atoms with Crippen LogP contribution in [0, 0.1) is 20.2 Å². The second-order valence-electron chi connectivity index (χ2n) is 5.53. The number of rotatable bonds is 2. The number of carbonyl (C=O) groups excluding carboxylic acids is 2. The molecule has 0 unspecified atom stereocenters. The molecule has 26 heavy (non-hydrogen) atoms. The summed E-state index contributed by atoms with van der Waals surface area (Å²) in [5.74, 6) is -1.54. The maximum absolute atomic E-state index is 12.8. The van der Waals surface area contributed by atoms with Crippen molar-refractivity contribution in [1.82, 2.24) is 0 Å². The third-order valence-electron chi connectivity index (χ3n) is 4.16. The second kappa shape index (κ2) is 5.21. The standard InChI is InChI=1S/C16H8N4O6/c21-15-8-4-1-2-5-9(8)17-13(15)14-16(22)12-10(18(14)20(25)26)6-3-7-11(12)19(23)24/h1-7,17H/b14-13-. The Morgan fingerprint density at radius 2 is 1.65 bits per heavy atom. The van der Waals surface area contributed by atoms with E-state index in [2.05, 4.69) is 5.32 Å². The molecule has 2 aromatic rings. The molecule has 0 atom stereocenters. The van der Waals surface area contributed by atoms with E-state index in [1.165, 1.54) is 18.2 Å². The Hall–Kier alpha value is -4.08. The molecule has 2 aromatic carbocycles. The van der Waals surface area contributed by atoms with Crippen LogP contribution in [-0.2, 0) is 0 Å². The lowest BCUT2D eigenvalue weighted by Crippen LogP contribution is -2.30. The summed E-state index contributed by atoms with van der Waals surface area (Å²) in [4.78, 5) is 47.4. The quantitative estimate of drug-likeness (QED) is 0.494. The Balaban J connectivity index is 1.98. The van der Waals surface area contributed by atoms with Crippen LogP contribution in [0.2, 0.25) is 0 Å². The minimum absolute atomic E-state index is 0.248. The molecule has 0 bridgehead atoms. The monoisotopic (exact) mass is 352 g/mol. The number of nitrogens with one attached hydrogen (secondary N) is 1. The molecule has 0 fully saturated rings. The van der Waals surface area contributed by atoms with E-state index in [4.69, 9.17) is 0 Å². The van der Waals surface area contributed by atoms with E-state index in [-0.39, 0.29) is 16.9 Å². The van der Waals surface area contributed by atoms with E-state index in [1.807, 2.05) is 0 Å². The summed E-state index contributed by atoms with van der Waals surface area (Å²) < 4.78 is 0. The number of Topliss-reactive ketones (excluding diaryl/α,β-unsaturated/α-hetero) is 2. The van der Waals surface area contributed by atoms with Gasteiger partial charge in [-0.15, -0.1) is 0 Å². The molecule has 10 heteroatoms. The van der Waals surface area contributed by atoms with Gasteiger partial charge in [-0.25, -0.2) is 10.1 Å². The number of carbonyl (C=O) groups is 2. The Morgan fingerprint density at radius 3 is 2.31 bits per heavy atom. The highest BCUT2D eigenvalue weighted by Gasteiger charge is 2.48. The number of nitrogens with zero attached hydrogens (tertiary/aromatic N) is 3. The summed E-state index contributed by atoms with van der Waals surface area (Å²) in [6.45, 7) is 0. The molecule has 0 amide bonds. The Bertz CT molecular complexity index is 1070. The first-order chi connectivity index (χ1) is 12.4. The SMILES string of the molecule is O=C1/C(=C2\C(=O)c3c(cccc3[N+](=O)[O-])N2[N+](=O)[O-])Nc2ccccc21. The zero-order valence-electron chi connectivity index (χ0n) is 12.8. The number of ketones is 2. The summed E-state index contributed by atoms with van der Waals surface area (Å²) in [7, 11) is 0. The van der Waals surface area contributed by atoms with Gasteiger partial charge in [0, 0.05) is 17.3 Å². The van der Waals surface area contributed by atoms with Crippen molar-refractivity contribution in [2.24, 2.45) is 0 Å². The van der Waals surface area contributed by atoms with Gasteiger partial charge in [0.15, 0.2) is 10.7 Å². The highest BCUT2D eigenvalue weighted by molar-refractivity contribution is 6.28. The van der Waals surface area contributed by atoms with Gasteiger partial charge in [0.05, 0.1) is 4.92 Å². The fraction of sp³-hybridized carbons (Fsp3) is 0. The van der Waals surface area contributed by atoms with Crippen molar-refractivity contribution in [2.75, 3.05) is 10.3 Å². The zero-order valence-corrected chi connectivity index (χ0v) is 12.8. The Morgan fingerprint density at radius 1 is 0.923 bits per heavy atom. The molecular formula is C16H8N4O6. The molecule has 1 N–H and O–H groups in total. The average molecular weight is 352 g/mol. The van der Waals surface area contributed by atoms with Gasteiger partial charge in [-0.05, 0) is 18.2 Å². The van der Waals surface area contributed by atoms with Gasteiger partial charge in [-0.2, -0.15) is 0 Å². The van der Waals surface area contributed by atoms with Crippen LogP contribution in [0.5, 0.6) is 0 Å². The fourth-order valence-corrected chi connectivity index (χ4v) is 3.10. The summed E-state index contributed by atoms with van der Waals surface area (Å²) in [6, 6.07) is 9.94. The molecule has 2 heterocycles. The van der Waals surface area contributed by atoms with Crippen LogP contribution in [0.25, 0.3) is 0 Å². The molecule has 128 valence electrons. The van der Waals surface area contributed by atoms with Crippen LogP contribution in [0.1, 0.15) is 20.7 Å². The predicted molar refractivity (Wildman–Crippen MR) is 88.3 cm³/mol. The van der Waals surface area contributed by atoms with Crippen molar-refractivity contribution in [3.05, 3.63) is 85.2 Å². The molecule has 0 aliphatic carbocycles. The number of hydrogen-bond acceptors (Lipinski definition) is 7. The number of nitro benzene ring substituents is 1. The van der Waals surface area contributed by atoms with Crippen LogP contribution >= 0.6 is 0 Å². The topological polar surface area (TPSA) is 136 Å². The molecule has 2 aliphatic heterocycles. The first-order valence-corrected chi connectivity index (χ1v) is 7.33. The minimum Gasteiger partial charge on any atom is -0.350 e. The van der Waals surface area contributed by atoms with E-state index in [0.717, 1.165) is 6.07 Å². The van der Waals surface area contributed by atoms with Crippen molar-refractivity contribution in [3.63, 3.8) is 0 Å². The summed E-state index contributed by atoms with van der Waals surface area (Å²) in [5.41, 5.74) is -1.38. The van der Waals surface area contributed by atoms with Gasteiger partial charge in [0.1, 0.15) is 16.9 Å². The first-order valence-electron chi connectivity index (χ1n) is 7.33. The summed E-state index contributed by atoms with van der Waals surface area (Å²) in [6.07, 6.45) is 0. The number of fused-ring (bicyclic) bond motifs is 2. The second-order valence-corrected chi connectivity index (χ2v) is 5.53. The normalized spacial score (nSPS) is 17.8. The van der Waals surface area contributed by atoms with E-state index >= 15 is 0 Å². The lowest BCUT2D eigenvalue weighted by Gasteiger charge is -2.10. The average Bonchev–Trinajstić information content (AvgIpc) is 3.10. The van der Waals surface area contributed by atoms with Gasteiger partial charge in [0.25, 0.3) is 5.69 Å². The number of nitro groups is 2. The lowest BCUT2D eigenvalue weighted by molar-refractivity contribution is -0.486. The van der Waals surface area contributed by atoms with Gasteiger partial charge in [-0.3, -0.25) is 19.7 Å². The Kier molecular flexibility index (Phi) is 3.09. The Labute approximate surface area is 144 Å². The van der Waals surface area contributed by atoms with Gasteiger partial charge in [0.2, 0.25) is 11.6 Å². The number of allylic oxidation sites excluding steroid dienone is 2. The smallest absolute Gasteiger partial charge is 0.282 e. The van der Waals surface area contributed by atoms with Crippen molar-refractivity contribution in [3.8, 4) is 0 Å². The van der Waals surface area contributed by atoms with Crippen LogP contribution in [0.3, 0.4) is 0 Å². The maximum Gasteiger partial charge on any atom is 0.282 e. The molecule has 0 saturated carbocycles. The number of hydrogen-bond donors (Lipinski definition) is 1. The number of hydrazine groups is 1. The van der Waals surface area contributed by atoms with Gasteiger partial charge < -0.3 is 5.32 Å². The molecule has 2 aliphatic rings. The first kappa shape index (κ1) is 15.4. The predicted octanol–water partition coefficient (Wildman–Crippen LogP) is 2.31. The van der Waals surface area contributed by atoms with E-state index < -0.39 is 38.5 Å². The third-order valence-corrected chi connectivity index (χ3v) is 4.16. The molecule has 0 aromatic heterocycles. The van der Waals surface area contributed by atoms with Crippen LogP contribution in [0.4, 0.5) is 17.1 Å². The molecule has 4 rings (SSSR count). The third kappa shape index (κ3) is 1.92. The number of anilines is 2. The zero-order chi connectivity index (χ0) is 18.6. The van der Waals surface area contributed by atoms with Crippen molar-refractivity contribution in [2.45, 2.75) is 0 Å². The van der Waals surface area contributed by atoms with Crippen molar-refractivity contribution >= 4 is 28.6 Å². The fourth-order valence-electron chi connectivity index (χ4n) is 3.10.